The van der Waals surface area contributed by atoms with E-state index in [1.165, 1.54) is 70.6 Å². The van der Waals surface area contributed by atoms with E-state index in [0.717, 1.165) is 18.5 Å². The summed E-state index contributed by atoms with van der Waals surface area (Å²) in [6.07, 6.45) is 17.6. The van der Waals surface area contributed by atoms with E-state index in [2.05, 4.69) is 26.3 Å². The molecule has 0 saturated carbocycles. The maximum atomic E-state index is 10.3. The highest BCUT2D eigenvalue weighted by molar-refractivity contribution is 7.80. The van der Waals surface area contributed by atoms with E-state index in [1.54, 1.807) is 12.1 Å². The van der Waals surface area contributed by atoms with Crippen LogP contribution < -0.4 is 11.5 Å². The van der Waals surface area contributed by atoms with Crippen LogP contribution in [0.1, 0.15) is 96.8 Å². The Morgan fingerprint density at radius 2 is 1.26 bits per heavy atom. The molecule has 1 heterocycles. The molecular formula is C27H46ClN5O4S. The minimum atomic E-state index is -4.24. The molecule has 0 amide bonds. The number of nitrogens with zero attached hydrogens (tertiary/aromatic N) is 3. The molecule has 1 aromatic heterocycles. The SMILES string of the molecule is CCCCCCCCCCCCCCCCOS(=O)(=O)O.Cl.Nc1ccc(/N=N/c2ccccc2)c(N)n1. The number of nitrogen functional groups attached to an aromatic ring is 2. The first-order valence-corrected chi connectivity index (χ1v) is 14.8. The Morgan fingerprint density at radius 3 is 1.74 bits per heavy atom. The van der Waals surface area contributed by atoms with Gasteiger partial charge in [0.05, 0.1) is 12.3 Å². The van der Waals surface area contributed by atoms with E-state index in [9.17, 15) is 8.42 Å². The molecule has 0 fully saturated rings. The molecule has 9 nitrogen and oxygen atoms in total. The molecule has 38 heavy (non-hydrogen) atoms. The van der Waals surface area contributed by atoms with E-state index < -0.39 is 10.4 Å². The van der Waals surface area contributed by atoms with Crippen molar-refractivity contribution >= 4 is 45.8 Å². The van der Waals surface area contributed by atoms with Gasteiger partial charge in [-0.15, -0.1) is 17.5 Å². The largest absolute Gasteiger partial charge is 0.397 e. The smallest absolute Gasteiger partial charge is 0.384 e. The molecule has 2 aromatic rings. The summed E-state index contributed by atoms with van der Waals surface area (Å²) < 4.78 is 33.2. The fourth-order valence-corrected chi connectivity index (χ4v) is 3.96. The van der Waals surface area contributed by atoms with Gasteiger partial charge in [0.2, 0.25) is 0 Å². The lowest BCUT2D eigenvalue weighted by atomic mass is 10.0. The van der Waals surface area contributed by atoms with Gasteiger partial charge in [-0.2, -0.15) is 13.5 Å². The lowest BCUT2D eigenvalue weighted by Gasteiger charge is -2.03. The second kappa shape index (κ2) is 22.7. The van der Waals surface area contributed by atoms with Crippen LogP contribution in [-0.2, 0) is 14.6 Å². The molecule has 0 saturated heterocycles. The van der Waals surface area contributed by atoms with Crippen molar-refractivity contribution in [2.75, 3.05) is 18.1 Å². The Hall–Kier alpha value is -2.27. The minimum Gasteiger partial charge on any atom is -0.384 e. The van der Waals surface area contributed by atoms with Crippen LogP contribution in [0.3, 0.4) is 0 Å². The Kier molecular flexibility index (Phi) is 21.3. The number of nitrogens with two attached hydrogens (primary N) is 2. The van der Waals surface area contributed by atoms with Crippen molar-refractivity contribution in [3.8, 4) is 0 Å². The molecule has 0 aliphatic carbocycles. The van der Waals surface area contributed by atoms with Crippen LogP contribution in [0.15, 0.2) is 52.7 Å². The average Bonchev–Trinajstić information content (AvgIpc) is 2.86. The summed E-state index contributed by atoms with van der Waals surface area (Å²) in [7, 11) is -4.24. The molecule has 0 aliphatic heterocycles. The Balaban J connectivity index is 0.000000721. The number of rotatable bonds is 18. The number of hydrogen-bond donors (Lipinski definition) is 3. The number of azo groups is 1. The number of benzene rings is 1. The number of unbranched alkanes of at least 4 members (excludes halogenated alkanes) is 13. The summed E-state index contributed by atoms with van der Waals surface area (Å²) in [6, 6.07) is 12.7. The van der Waals surface area contributed by atoms with Gasteiger partial charge in [0.15, 0.2) is 5.82 Å². The van der Waals surface area contributed by atoms with Gasteiger partial charge in [-0.1, -0.05) is 109 Å². The highest BCUT2D eigenvalue weighted by atomic mass is 35.5. The Bertz CT molecular complexity index is 979. The third-order valence-corrected chi connectivity index (χ3v) is 6.15. The molecule has 216 valence electrons. The van der Waals surface area contributed by atoms with Gasteiger partial charge in [0, 0.05) is 0 Å². The van der Waals surface area contributed by atoms with Gasteiger partial charge in [0.25, 0.3) is 0 Å². The molecule has 0 aliphatic rings. The first kappa shape index (κ1) is 35.7. The Morgan fingerprint density at radius 1 is 0.763 bits per heavy atom. The van der Waals surface area contributed by atoms with E-state index in [-0.39, 0.29) is 24.8 Å². The summed E-state index contributed by atoms with van der Waals surface area (Å²) in [4.78, 5) is 3.89. The van der Waals surface area contributed by atoms with Crippen molar-refractivity contribution in [3.05, 3.63) is 42.5 Å². The average molecular weight is 572 g/mol. The van der Waals surface area contributed by atoms with E-state index >= 15 is 0 Å². The van der Waals surface area contributed by atoms with Crippen molar-refractivity contribution in [2.45, 2.75) is 96.8 Å². The number of aromatic nitrogens is 1. The van der Waals surface area contributed by atoms with Crippen LogP contribution in [0.5, 0.6) is 0 Å². The third kappa shape index (κ3) is 20.7. The maximum absolute atomic E-state index is 10.3. The van der Waals surface area contributed by atoms with Crippen molar-refractivity contribution < 1.29 is 17.2 Å². The van der Waals surface area contributed by atoms with E-state index in [0.29, 0.717) is 17.9 Å². The highest BCUT2D eigenvalue weighted by Gasteiger charge is 2.02. The fourth-order valence-electron chi connectivity index (χ4n) is 3.63. The normalized spacial score (nSPS) is 11.1. The number of hydrogen-bond acceptors (Lipinski definition) is 8. The first-order valence-electron chi connectivity index (χ1n) is 13.4. The molecule has 0 unspecified atom stereocenters. The lowest BCUT2D eigenvalue weighted by molar-refractivity contribution is 0.261. The van der Waals surface area contributed by atoms with Gasteiger partial charge in [0.1, 0.15) is 11.5 Å². The van der Waals surface area contributed by atoms with Crippen LogP contribution in [0.25, 0.3) is 0 Å². The topological polar surface area (TPSA) is 153 Å². The fraction of sp³-hybridized carbons (Fsp3) is 0.593. The van der Waals surface area contributed by atoms with Crippen LogP contribution in [0.4, 0.5) is 23.0 Å². The van der Waals surface area contributed by atoms with Gasteiger partial charge in [-0.3, -0.25) is 4.55 Å². The van der Waals surface area contributed by atoms with Crippen LogP contribution in [0.2, 0.25) is 0 Å². The van der Waals surface area contributed by atoms with Gasteiger partial charge < -0.3 is 11.5 Å². The van der Waals surface area contributed by atoms with Crippen LogP contribution >= 0.6 is 12.4 Å². The van der Waals surface area contributed by atoms with Crippen molar-refractivity contribution in [1.29, 1.82) is 0 Å². The molecule has 11 heteroatoms. The van der Waals surface area contributed by atoms with Crippen LogP contribution in [0, 0.1) is 0 Å². The standard InChI is InChI=1S/C16H34O4S.C11H11N5.ClH/c1-2-3-4-5-6-7-8-9-10-11-12-13-14-15-16-20-21(17,18)19;12-10-7-6-9(11(13)14-10)16-15-8-4-2-1-3-5-8;/h2-16H2,1H3,(H,17,18,19);1-7H,(H4,12,13,14);1H/b;16-15+;. The first-order chi connectivity index (χ1) is 17.8. The molecule has 0 atom stereocenters. The Labute approximate surface area is 235 Å². The highest BCUT2D eigenvalue weighted by Crippen LogP contribution is 2.23. The van der Waals surface area contributed by atoms with Crippen molar-refractivity contribution in [2.24, 2.45) is 10.2 Å². The molecule has 0 radical (unpaired) electrons. The molecule has 5 N–H and O–H groups in total. The molecule has 0 spiro atoms. The van der Waals surface area contributed by atoms with Crippen molar-refractivity contribution in [3.63, 3.8) is 0 Å². The summed E-state index contributed by atoms with van der Waals surface area (Å²) >= 11 is 0. The van der Waals surface area contributed by atoms with E-state index in [1.807, 2.05) is 30.3 Å². The molecule has 1 aromatic carbocycles. The number of pyridine rings is 1. The predicted molar refractivity (Wildman–Crippen MR) is 159 cm³/mol. The summed E-state index contributed by atoms with van der Waals surface area (Å²) in [6.45, 7) is 2.35. The van der Waals surface area contributed by atoms with Crippen molar-refractivity contribution in [1.82, 2.24) is 4.98 Å². The summed E-state index contributed by atoms with van der Waals surface area (Å²) in [5.74, 6) is 0.649. The lowest BCUT2D eigenvalue weighted by Crippen LogP contribution is -2.04. The van der Waals surface area contributed by atoms with Gasteiger partial charge in [-0.25, -0.2) is 9.17 Å². The number of halogens is 1. The number of anilines is 2. The second-order valence-corrected chi connectivity index (χ2v) is 10.1. The zero-order valence-corrected chi connectivity index (χ0v) is 24.3. The van der Waals surface area contributed by atoms with Gasteiger partial charge >= 0.3 is 10.4 Å². The molecular weight excluding hydrogens is 526 g/mol. The minimum absolute atomic E-state index is 0. The zero-order valence-electron chi connectivity index (χ0n) is 22.6. The zero-order chi connectivity index (χ0) is 27.2. The third-order valence-electron chi connectivity index (χ3n) is 5.68. The van der Waals surface area contributed by atoms with Gasteiger partial charge in [-0.05, 0) is 30.7 Å². The predicted octanol–water partition coefficient (Wildman–Crippen LogP) is 8.37. The van der Waals surface area contributed by atoms with Crippen LogP contribution in [-0.4, -0.2) is 24.6 Å². The quantitative estimate of drug-likeness (QED) is 0.0921. The molecule has 2 rings (SSSR count). The van der Waals surface area contributed by atoms with E-state index in [4.69, 9.17) is 16.0 Å². The molecule has 0 bridgehead atoms. The maximum Gasteiger partial charge on any atom is 0.397 e. The monoisotopic (exact) mass is 571 g/mol. The summed E-state index contributed by atoms with van der Waals surface area (Å²) in [5.41, 5.74) is 12.4. The summed E-state index contributed by atoms with van der Waals surface area (Å²) in [5, 5.41) is 8.03. The second-order valence-electron chi connectivity index (χ2n) is 9.02.